The molecule has 1 aliphatic rings. The van der Waals surface area contributed by atoms with Crippen LogP contribution in [0.4, 0.5) is 11.8 Å². The van der Waals surface area contributed by atoms with Crippen molar-refractivity contribution >= 4 is 17.7 Å². The summed E-state index contributed by atoms with van der Waals surface area (Å²) in [6.45, 7) is 0.745. The number of amides is 1. The molecule has 0 saturated carbocycles. The van der Waals surface area contributed by atoms with Gasteiger partial charge in [0.15, 0.2) is 0 Å². The lowest BCUT2D eigenvalue weighted by atomic mass is 10.1. The lowest BCUT2D eigenvalue weighted by molar-refractivity contribution is -0.123. The third-order valence-electron chi connectivity index (χ3n) is 2.27. The summed E-state index contributed by atoms with van der Waals surface area (Å²) >= 11 is 0. The van der Waals surface area contributed by atoms with Crippen molar-refractivity contribution < 1.29 is 4.79 Å². The molecular formula is C9H13N5O. The van der Waals surface area contributed by atoms with E-state index in [0.29, 0.717) is 11.8 Å². The number of hydrogen-bond acceptors (Lipinski definition) is 5. The van der Waals surface area contributed by atoms with E-state index < -0.39 is 0 Å². The Morgan fingerprint density at radius 2 is 2.47 bits per heavy atom. The van der Waals surface area contributed by atoms with Crippen LogP contribution in [0.25, 0.3) is 0 Å². The Kier molecular flexibility index (Phi) is 2.66. The van der Waals surface area contributed by atoms with Crippen LogP contribution in [-0.2, 0) is 4.79 Å². The number of piperidine rings is 1. The van der Waals surface area contributed by atoms with Crippen LogP contribution in [0.1, 0.15) is 12.8 Å². The summed E-state index contributed by atoms with van der Waals surface area (Å²) in [5.41, 5.74) is 5.51. The zero-order valence-corrected chi connectivity index (χ0v) is 8.23. The summed E-state index contributed by atoms with van der Waals surface area (Å²) in [5.74, 6) is 0.785. The predicted molar refractivity (Wildman–Crippen MR) is 56.1 cm³/mol. The molecule has 4 N–H and O–H groups in total. The van der Waals surface area contributed by atoms with Gasteiger partial charge in [-0.1, -0.05) is 0 Å². The molecule has 6 heteroatoms. The number of nitrogens with two attached hydrogens (primary N) is 1. The molecule has 0 aromatic carbocycles. The fraction of sp³-hybridized carbons (Fsp3) is 0.444. The van der Waals surface area contributed by atoms with Crippen LogP contribution in [0.15, 0.2) is 12.3 Å². The van der Waals surface area contributed by atoms with E-state index in [9.17, 15) is 4.79 Å². The van der Waals surface area contributed by atoms with Gasteiger partial charge in [0.05, 0.1) is 0 Å². The average Bonchev–Trinajstić information content (AvgIpc) is 2.22. The maximum atomic E-state index is 11.4. The van der Waals surface area contributed by atoms with Crippen LogP contribution in [0, 0.1) is 0 Å². The first-order chi connectivity index (χ1) is 7.25. The normalized spacial score (nSPS) is 20.8. The molecule has 1 aromatic rings. The molecule has 1 aromatic heterocycles. The summed E-state index contributed by atoms with van der Waals surface area (Å²) in [6.07, 6.45) is 3.32. The second-order valence-electron chi connectivity index (χ2n) is 3.44. The molecule has 1 unspecified atom stereocenters. The second-order valence-corrected chi connectivity index (χ2v) is 3.44. The Morgan fingerprint density at radius 1 is 1.60 bits per heavy atom. The first-order valence-electron chi connectivity index (χ1n) is 4.88. The van der Waals surface area contributed by atoms with Gasteiger partial charge in [0.1, 0.15) is 11.9 Å². The van der Waals surface area contributed by atoms with Crippen LogP contribution in [0.5, 0.6) is 0 Å². The predicted octanol–water partition coefficient (Wildman–Crippen LogP) is -0.251. The molecule has 1 aliphatic heterocycles. The van der Waals surface area contributed by atoms with Gasteiger partial charge in [0, 0.05) is 12.7 Å². The van der Waals surface area contributed by atoms with E-state index in [1.165, 1.54) is 0 Å². The van der Waals surface area contributed by atoms with Crippen molar-refractivity contribution in [1.29, 1.82) is 0 Å². The Bertz CT molecular complexity index is 367. The van der Waals surface area contributed by atoms with Crippen molar-refractivity contribution in [2.75, 3.05) is 17.6 Å². The van der Waals surface area contributed by atoms with Crippen molar-refractivity contribution in [3.05, 3.63) is 12.3 Å². The topological polar surface area (TPSA) is 92.9 Å². The van der Waals surface area contributed by atoms with Crippen molar-refractivity contribution in [1.82, 2.24) is 15.3 Å². The van der Waals surface area contributed by atoms with Crippen LogP contribution in [0.2, 0.25) is 0 Å². The van der Waals surface area contributed by atoms with E-state index in [2.05, 4.69) is 20.6 Å². The minimum Gasteiger partial charge on any atom is -0.384 e. The highest BCUT2D eigenvalue weighted by atomic mass is 16.2. The number of carbonyl (C=O) groups is 1. The summed E-state index contributed by atoms with van der Waals surface area (Å²) in [5, 5.41) is 5.74. The van der Waals surface area contributed by atoms with E-state index >= 15 is 0 Å². The van der Waals surface area contributed by atoms with E-state index in [0.717, 1.165) is 19.4 Å². The van der Waals surface area contributed by atoms with Crippen molar-refractivity contribution in [3.63, 3.8) is 0 Å². The molecule has 0 radical (unpaired) electrons. The summed E-state index contributed by atoms with van der Waals surface area (Å²) < 4.78 is 0. The largest absolute Gasteiger partial charge is 0.384 e. The third kappa shape index (κ3) is 2.34. The average molecular weight is 207 g/mol. The van der Waals surface area contributed by atoms with Gasteiger partial charge < -0.3 is 16.4 Å². The molecule has 0 spiro atoms. The molecular weight excluding hydrogens is 194 g/mol. The van der Waals surface area contributed by atoms with E-state index in [1.54, 1.807) is 12.3 Å². The molecule has 0 aliphatic carbocycles. The zero-order chi connectivity index (χ0) is 10.7. The number of nitrogens with zero attached hydrogens (tertiary/aromatic N) is 2. The maximum Gasteiger partial charge on any atom is 0.242 e. The summed E-state index contributed by atoms with van der Waals surface area (Å²) in [6, 6.07) is 1.35. The van der Waals surface area contributed by atoms with Gasteiger partial charge in [-0.2, -0.15) is 4.98 Å². The fourth-order valence-corrected chi connectivity index (χ4v) is 1.51. The summed E-state index contributed by atoms with van der Waals surface area (Å²) in [7, 11) is 0. The Balaban J connectivity index is 2.04. The van der Waals surface area contributed by atoms with E-state index in [4.69, 9.17) is 5.73 Å². The van der Waals surface area contributed by atoms with E-state index in [1.807, 2.05) is 0 Å². The summed E-state index contributed by atoms with van der Waals surface area (Å²) in [4.78, 5) is 19.4. The van der Waals surface area contributed by atoms with Crippen LogP contribution in [0.3, 0.4) is 0 Å². The van der Waals surface area contributed by atoms with E-state index in [-0.39, 0.29) is 11.9 Å². The first-order valence-corrected chi connectivity index (χ1v) is 4.88. The van der Waals surface area contributed by atoms with Gasteiger partial charge in [0.2, 0.25) is 11.9 Å². The quantitative estimate of drug-likeness (QED) is 0.621. The van der Waals surface area contributed by atoms with Gasteiger partial charge in [-0.3, -0.25) is 4.79 Å². The maximum absolute atomic E-state index is 11.4. The fourth-order valence-electron chi connectivity index (χ4n) is 1.51. The first kappa shape index (κ1) is 9.70. The number of carbonyl (C=O) groups excluding carboxylic acids is 1. The highest BCUT2D eigenvalue weighted by molar-refractivity contribution is 5.84. The molecule has 1 atom stereocenters. The van der Waals surface area contributed by atoms with Crippen LogP contribution >= 0.6 is 0 Å². The lowest BCUT2D eigenvalue weighted by Gasteiger charge is -2.22. The Morgan fingerprint density at radius 3 is 3.20 bits per heavy atom. The number of nitrogen functional groups attached to an aromatic ring is 1. The van der Waals surface area contributed by atoms with Gasteiger partial charge in [-0.25, -0.2) is 4.98 Å². The van der Waals surface area contributed by atoms with Crippen LogP contribution < -0.4 is 16.4 Å². The molecule has 1 saturated heterocycles. The number of hydrogen-bond donors (Lipinski definition) is 3. The molecule has 0 bridgehead atoms. The monoisotopic (exact) mass is 207 g/mol. The number of anilines is 2. The van der Waals surface area contributed by atoms with Crippen molar-refractivity contribution in [2.45, 2.75) is 18.9 Å². The molecule has 2 heterocycles. The molecule has 6 nitrogen and oxygen atoms in total. The highest BCUT2D eigenvalue weighted by Gasteiger charge is 2.22. The van der Waals surface area contributed by atoms with Gasteiger partial charge in [-0.05, 0) is 18.9 Å². The molecule has 15 heavy (non-hydrogen) atoms. The molecule has 1 amide bonds. The molecule has 2 rings (SSSR count). The molecule has 1 fully saturated rings. The minimum absolute atomic E-state index is 0.00715. The van der Waals surface area contributed by atoms with Crippen LogP contribution in [-0.4, -0.2) is 28.5 Å². The third-order valence-corrected chi connectivity index (χ3v) is 2.27. The van der Waals surface area contributed by atoms with Crippen molar-refractivity contribution in [2.24, 2.45) is 0 Å². The second kappa shape index (κ2) is 4.12. The van der Waals surface area contributed by atoms with Gasteiger partial charge in [0.25, 0.3) is 0 Å². The van der Waals surface area contributed by atoms with Gasteiger partial charge in [-0.15, -0.1) is 0 Å². The standard InChI is InChI=1S/C9H13N5O/c10-7-3-5-12-9(14-7)13-6-2-1-4-11-8(6)15/h3,5-6H,1-2,4H2,(H,11,15)(H3,10,12,13,14). The smallest absolute Gasteiger partial charge is 0.242 e. The van der Waals surface area contributed by atoms with Crippen molar-refractivity contribution in [3.8, 4) is 0 Å². The number of nitrogens with one attached hydrogen (secondary N) is 2. The number of rotatable bonds is 2. The number of aromatic nitrogens is 2. The molecule has 80 valence electrons. The minimum atomic E-state index is -0.249. The highest BCUT2D eigenvalue weighted by Crippen LogP contribution is 2.09. The van der Waals surface area contributed by atoms with Gasteiger partial charge >= 0.3 is 0 Å². The zero-order valence-electron chi connectivity index (χ0n) is 8.23. The SMILES string of the molecule is Nc1ccnc(NC2CCCNC2=O)n1. The lowest BCUT2D eigenvalue weighted by Crippen LogP contribution is -2.44. The Hall–Kier alpha value is -1.85. The Labute approximate surface area is 87.3 Å².